The molecule has 114 heavy (non-hydrogen) atoms. The Kier molecular flexibility index (Phi) is 23.9. The highest BCUT2D eigenvalue weighted by Crippen LogP contribution is 2.43. The molecular formula is C89H66Br2Cl2N10O11. The summed E-state index contributed by atoms with van der Waals surface area (Å²) >= 11 is 19.1. The van der Waals surface area contributed by atoms with Crippen molar-refractivity contribution in [3.05, 3.63) is 334 Å². The molecule has 0 spiro atoms. The number of carbonyl (C=O) groups is 1. The van der Waals surface area contributed by atoms with Gasteiger partial charge in [0.1, 0.15) is 29.0 Å². The standard InChI is InChI=1S/C23H18Cl2N2O2.C22H14Br2N2O2.C22H17N3O4.C22H17N3O3/c1-13-11-16(12-19(29-2)22(13)28)23-26-20(14-3-7-17(24)8-4-14)21(27-23)15-5-9-18(25)10-6-15;23-17-9-5-13(6-10-17)19-20(14-7-11-18(24)12-8-14)26-21(25-19)15-1-3-16(4-2-15)22(27)28;1-13-7-9-16(25(28)29)12-17(13)21-20(14-5-3-2-4-6-14)23-22(24-21)15-8-10-18(26)19(27)11-15;1-14-10-11-17(25(27)28)13-19(14)21-20(15-6-3-2-4-7-15)23-22(24-21)16-8-5-9-18(26)12-16/h3-12,28H,1-2H3,(H,26,27);1-12H,(H,25,26)(H,27,28);2-12,26-27H,1H3,(H,23,24);2-13,26H,1H3,(H,23,24). The van der Waals surface area contributed by atoms with Crippen LogP contribution in [-0.4, -0.2) is 88.3 Å². The van der Waals surface area contributed by atoms with Gasteiger partial charge in [-0.1, -0.05) is 201 Å². The summed E-state index contributed by atoms with van der Waals surface area (Å²) in [6, 6.07) is 81.3. The summed E-state index contributed by atoms with van der Waals surface area (Å²) in [6.45, 7) is 5.61. The van der Waals surface area contributed by atoms with Crippen molar-refractivity contribution >= 4 is 72.4 Å². The number of carboxylic acid groups (broad SMARTS) is 1. The zero-order valence-corrected chi connectivity index (χ0v) is 65.5. The van der Waals surface area contributed by atoms with Crippen LogP contribution in [0.1, 0.15) is 27.0 Å². The second-order valence-electron chi connectivity index (χ2n) is 26.0. The van der Waals surface area contributed by atoms with E-state index >= 15 is 0 Å². The number of carboxylic acids is 1. The van der Waals surface area contributed by atoms with Gasteiger partial charge >= 0.3 is 5.97 Å². The monoisotopic (exact) mass is 1680 g/mol. The van der Waals surface area contributed by atoms with Gasteiger partial charge in [0.25, 0.3) is 11.4 Å². The average Bonchev–Trinajstić information content (AvgIpc) is 1.64. The van der Waals surface area contributed by atoms with Crippen molar-refractivity contribution in [3.63, 3.8) is 0 Å². The summed E-state index contributed by atoms with van der Waals surface area (Å²) in [5.74, 6) is 1.65. The Hall–Kier alpha value is -13.7. The van der Waals surface area contributed by atoms with Crippen molar-refractivity contribution in [1.29, 1.82) is 0 Å². The van der Waals surface area contributed by atoms with Crippen LogP contribution >= 0.6 is 55.1 Å². The number of H-pyrrole nitrogens is 4. The molecule has 0 aliphatic rings. The second-order valence-corrected chi connectivity index (χ2v) is 28.7. The fourth-order valence-electron chi connectivity index (χ4n) is 12.4. The zero-order chi connectivity index (χ0) is 80.4. The third-order valence-corrected chi connectivity index (χ3v) is 19.9. The number of aromatic hydroxyl groups is 4. The van der Waals surface area contributed by atoms with E-state index in [0.29, 0.717) is 84.1 Å². The quantitative estimate of drug-likeness (QED) is 0.0247. The summed E-state index contributed by atoms with van der Waals surface area (Å²) in [5, 5.41) is 72.4. The van der Waals surface area contributed by atoms with Crippen LogP contribution in [0.3, 0.4) is 0 Å². The van der Waals surface area contributed by atoms with Crippen molar-refractivity contribution < 1.29 is 44.9 Å². The summed E-state index contributed by atoms with van der Waals surface area (Å²) in [6.07, 6.45) is 0. The summed E-state index contributed by atoms with van der Waals surface area (Å²) < 4.78 is 7.31. The zero-order valence-electron chi connectivity index (χ0n) is 60.9. The molecule has 566 valence electrons. The number of ether oxygens (including phenoxy) is 1. The lowest BCUT2D eigenvalue weighted by Gasteiger charge is -2.08. The molecule has 12 aromatic carbocycles. The first-order valence-electron chi connectivity index (χ1n) is 35.0. The summed E-state index contributed by atoms with van der Waals surface area (Å²) in [4.78, 5) is 65.3. The summed E-state index contributed by atoms with van der Waals surface area (Å²) in [5.41, 5.74) is 18.8. The number of nitro groups is 2. The molecule has 21 nitrogen and oxygen atoms in total. The van der Waals surface area contributed by atoms with Crippen molar-refractivity contribution in [1.82, 2.24) is 39.9 Å². The molecule has 0 aliphatic carbocycles. The van der Waals surface area contributed by atoms with Crippen LogP contribution < -0.4 is 4.74 Å². The Bertz CT molecular complexity index is 6080. The van der Waals surface area contributed by atoms with E-state index in [4.69, 9.17) is 53.0 Å². The van der Waals surface area contributed by atoms with E-state index in [1.165, 1.54) is 37.4 Å². The molecule has 16 rings (SSSR count). The predicted octanol–water partition coefficient (Wildman–Crippen LogP) is 23.7. The molecule has 0 saturated heterocycles. The van der Waals surface area contributed by atoms with Crippen LogP contribution in [-0.2, 0) is 0 Å². The van der Waals surface area contributed by atoms with E-state index in [1.54, 1.807) is 72.8 Å². The Morgan fingerprint density at radius 1 is 0.386 bits per heavy atom. The molecule has 0 radical (unpaired) electrons. The number of methoxy groups -OCH3 is 1. The molecule has 0 fully saturated rings. The molecule has 0 saturated carbocycles. The van der Waals surface area contributed by atoms with Crippen LogP contribution in [0.4, 0.5) is 11.4 Å². The van der Waals surface area contributed by atoms with Crippen LogP contribution in [0.5, 0.6) is 28.7 Å². The number of halogens is 4. The van der Waals surface area contributed by atoms with Crippen LogP contribution in [0.2, 0.25) is 10.0 Å². The van der Waals surface area contributed by atoms with Gasteiger partial charge < -0.3 is 50.2 Å². The van der Waals surface area contributed by atoms with Crippen molar-refractivity contribution in [2.24, 2.45) is 0 Å². The number of nitrogens with one attached hydrogen (secondary N) is 4. The third-order valence-electron chi connectivity index (χ3n) is 18.3. The van der Waals surface area contributed by atoms with Gasteiger partial charge in [0.05, 0.1) is 68.1 Å². The van der Waals surface area contributed by atoms with Crippen LogP contribution in [0, 0.1) is 41.0 Å². The number of imidazole rings is 4. The van der Waals surface area contributed by atoms with Gasteiger partial charge in [0.15, 0.2) is 23.0 Å². The summed E-state index contributed by atoms with van der Waals surface area (Å²) in [7, 11) is 1.53. The Labute approximate surface area is 679 Å². The highest BCUT2D eigenvalue weighted by molar-refractivity contribution is 9.10. The molecule has 4 heterocycles. The first-order valence-corrected chi connectivity index (χ1v) is 37.4. The molecule has 0 atom stereocenters. The number of non-ortho nitro benzene ring substituents is 2. The smallest absolute Gasteiger partial charge is 0.335 e. The SMILES string of the molecule is COc1cc(-c2nc(-c3ccc(Cl)cc3)c(-c3ccc(Cl)cc3)[nH]2)cc(C)c1O.Cc1ccc([N+](=O)[O-])cc1-c1[nH]c(-c2ccc(O)c(O)c2)nc1-c1ccccc1.Cc1ccc([N+](=O)[O-])cc1-c1[nH]c(-c2cccc(O)c2)nc1-c1ccccc1.O=C(O)c1ccc(-c2nc(-c3ccc(Br)cc3)c(-c3ccc(Br)cc3)[nH]2)cc1. The average molecular weight is 1680 g/mol. The van der Waals surface area contributed by atoms with Gasteiger partial charge in [-0.3, -0.25) is 20.2 Å². The van der Waals surface area contributed by atoms with E-state index in [0.717, 1.165) is 92.9 Å². The Balaban J connectivity index is 0.000000133. The first-order chi connectivity index (χ1) is 54.9. The number of nitro benzene ring substituents is 2. The van der Waals surface area contributed by atoms with Crippen molar-refractivity contribution in [2.45, 2.75) is 20.8 Å². The molecule has 25 heteroatoms. The number of aromatic nitrogens is 8. The lowest BCUT2D eigenvalue weighted by molar-refractivity contribution is -0.385. The van der Waals surface area contributed by atoms with E-state index in [2.05, 4.69) is 51.8 Å². The van der Waals surface area contributed by atoms with Gasteiger partial charge in [-0.15, -0.1) is 0 Å². The molecule has 0 amide bonds. The fraction of sp³-hybridized carbons (Fsp3) is 0.0449. The largest absolute Gasteiger partial charge is 0.508 e. The number of phenolic OH excluding ortho intramolecular Hbond substituents is 4. The van der Waals surface area contributed by atoms with E-state index in [1.807, 2.05) is 191 Å². The normalized spacial score (nSPS) is 10.8. The van der Waals surface area contributed by atoms with Crippen LogP contribution in [0.25, 0.3) is 136 Å². The number of aromatic carboxylic acids is 1. The predicted molar refractivity (Wildman–Crippen MR) is 453 cm³/mol. The van der Waals surface area contributed by atoms with E-state index < -0.39 is 15.8 Å². The Morgan fingerprint density at radius 3 is 1.20 bits per heavy atom. The minimum Gasteiger partial charge on any atom is -0.508 e. The number of hydrogen-bond donors (Lipinski definition) is 9. The number of rotatable bonds is 16. The number of benzene rings is 12. The van der Waals surface area contributed by atoms with Gasteiger partial charge in [0.2, 0.25) is 0 Å². The number of aryl methyl sites for hydroxylation is 3. The minimum atomic E-state index is -0.947. The van der Waals surface area contributed by atoms with Gasteiger partial charge in [-0.05, 0) is 141 Å². The number of phenols is 4. The molecule has 0 bridgehead atoms. The van der Waals surface area contributed by atoms with Gasteiger partial charge in [-0.25, -0.2) is 24.7 Å². The fourth-order valence-corrected chi connectivity index (χ4v) is 13.2. The highest BCUT2D eigenvalue weighted by atomic mass is 79.9. The lowest BCUT2D eigenvalue weighted by Crippen LogP contribution is -1.95. The minimum absolute atomic E-state index is 0.0111. The Morgan fingerprint density at radius 2 is 0.763 bits per heavy atom. The highest BCUT2D eigenvalue weighted by Gasteiger charge is 2.24. The molecule has 16 aromatic rings. The molecule has 4 aromatic heterocycles. The number of nitrogens with zero attached hydrogens (tertiary/aromatic N) is 6. The maximum Gasteiger partial charge on any atom is 0.335 e. The maximum atomic E-state index is 11.3. The van der Waals surface area contributed by atoms with E-state index in [9.17, 15) is 45.4 Å². The molecular weight excluding hydrogens is 1620 g/mol. The van der Waals surface area contributed by atoms with Crippen molar-refractivity contribution in [2.75, 3.05) is 7.11 Å². The molecule has 0 aliphatic heterocycles. The first kappa shape index (κ1) is 78.4. The number of hydrogen-bond acceptors (Lipinski definition) is 14. The molecule has 9 N–H and O–H groups in total. The van der Waals surface area contributed by atoms with Gasteiger partial charge in [-0.2, -0.15) is 0 Å². The van der Waals surface area contributed by atoms with E-state index in [-0.39, 0.29) is 39.9 Å². The lowest BCUT2D eigenvalue weighted by atomic mass is 10.0. The van der Waals surface area contributed by atoms with Crippen molar-refractivity contribution in [3.8, 4) is 164 Å². The van der Waals surface area contributed by atoms with Gasteiger partial charge in [0, 0.05) is 110 Å². The maximum absolute atomic E-state index is 11.3. The van der Waals surface area contributed by atoms with Crippen LogP contribution in [0.15, 0.2) is 282 Å². The number of aromatic amines is 4. The third kappa shape index (κ3) is 18.0. The molecule has 0 unspecified atom stereocenters. The topological polar surface area (TPSA) is 328 Å². The second kappa shape index (κ2) is 34.7.